The highest BCUT2D eigenvalue weighted by atomic mass is 35.5. The maximum atomic E-state index is 8.82. The average molecular weight is 371 g/mol. The van der Waals surface area contributed by atoms with Gasteiger partial charge in [-0.15, -0.1) is 16.4 Å². The Hall–Kier alpha value is -1.65. The highest BCUT2D eigenvalue weighted by Crippen LogP contribution is 2.31. The lowest BCUT2D eigenvalue weighted by Gasteiger charge is -2.05. The van der Waals surface area contributed by atoms with Crippen molar-refractivity contribution in [3.8, 4) is 16.8 Å². The summed E-state index contributed by atoms with van der Waals surface area (Å²) in [7, 11) is 0. The third kappa shape index (κ3) is 3.08. The maximum absolute atomic E-state index is 8.82. The molecule has 0 fully saturated rings. The number of nitriles is 1. The third-order valence-corrected chi connectivity index (χ3v) is 4.88. The fraction of sp³-hybridized carbons (Fsp3) is 0.0769. The van der Waals surface area contributed by atoms with Gasteiger partial charge in [-0.25, -0.2) is 9.67 Å². The van der Waals surface area contributed by atoms with Crippen LogP contribution in [0.4, 0.5) is 0 Å². The van der Waals surface area contributed by atoms with Crippen LogP contribution in [0.25, 0.3) is 10.7 Å². The fourth-order valence-corrected chi connectivity index (χ4v) is 3.11. The standard InChI is InChI=1S/C13H6Cl3N5S/c14-9-1-7(2-10(15)12(9)16)5-21-6-11(19-20-21)13-18-4-8(3-17)22-13/h1-2,4,6H,5H2. The Kier molecular flexibility index (Phi) is 4.32. The van der Waals surface area contributed by atoms with Crippen LogP contribution in [-0.2, 0) is 6.54 Å². The molecule has 22 heavy (non-hydrogen) atoms. The quantitative estimate of drug-likeness (QED) is 0.645. The summed E-state index contributed by atoms with van der Waals surface area (Å²) >= 11 is 19.2. The van der Waals surface area contributed by atoms with Gasteiger partial charge in [-0.05, 0) is 17.7 Å². The molecule has 0 aliphatic carbocycles. The Bertz CT molecular complexity index is 857. The molecule has 0 bridgehead atoms. The first-order valence-electron chi connectivity index (χ1n) is 5.96. The molecule has 3 aromatic rings. The summed E-state index contributed by atoms with van der Waals surface area (Å²) in [5.74, 6) is 0. The van der Waals surface area contributed by atoms with Crippen molar-refractivity contribution in [3.05, 3.63) is 50.0 Å². The summed E-state index contributed by atoms with van der Waals surface area (Å²) in [4.78, 5) is 4.67. The Labute approximate surface area is 144 Å². The Morgan fingerprint density at radius 3 is 2.59 bits per heavy atom. The summed E-state index contributed by atoms with van der Waals surface area (Å²) < 4.78 is 1.64. The van der Waals surface area contributed by atoms with Crippen molar-refractivity contribution in [2.24, 2.45) is 0 Å². The summed E-state index contributed by atoms with van der Waals surface area (Å²) in [6.45, 7) is 0.445. The van der Waals surface area contributed by atoms with Crippen LogP contribution in [-0.4, -0.2) is 20.0 Å². The fourth-order valence-electron chi connectivity index (χ4n) is 1.80. The van der Waals surface area contributed by atoms with E-state index in [0.29, 0.717) is 37.2 Å². The molecule has 0 N–H and O–H groups in total. The van der Waals surface area contributed by atoms with E-state index in [1.54, 1.807) is 23.0 Å². The number of halogens is 3. The molecule has 0 saturated heterocycles. The second kappa shape index (κ2) is 6.23. The lowest BCUT2D eigenvalue weighted by molar-refractivity contribution is 0.650. The summed E-state index contributed by atoms with van der Waals surface area (Å²) in [5, 5.41) is 18.7. The van der Waals surface area contributed by atoms with E-state index >= 15 is 0 Å². The highest BCUT2D eigenvalue weighted by molar-refractivity contribution is 7.15. The van der Waals surface area contributed by atoms with Crippen molar-refractivity contribution in [1.82, 2.24) is 20.0 Å². The number of thiazole rings is 1. The third-order valence-electron chi connectivity index (χ3n) is 2.76. The molecule has 3 rings (SSSR count). The van der Waals surface area contributed by atoms with Crippen molar-refractivity contribution < 1.29 is 0 Å². The first kappa shape index (κ1) is 15.3. The molecule has 0 atom stereocenters. The van der Waals surface area contributed by atoms with Gasteiger partial charge in [0.2, 0.25) is 0 Å². The van der Waals surface area contributed by atoms with Gasteiger partial charge in [0, 0.05) is 0 Å². The highest BCUT2D eigenvalue weighted by Gasteiger charge is 2.11. The molecule has 5 nitrogen and oxygen atoms in total. The van der Waals surface area contributed by atoms with E-state index in [2.05, 4.69) is 15.3 Å². The Morgan fingerprint density at radius 2 is 1.95 bits per heavy atom. The molecule has 0 saturated carbocycles. The summed E-state index contributed by atoms with van der Waals surface area (Å²) in [6, 6.07) is 5.50. The number of benzene rings is 1. The average Bonchev–Trinajstić information content (AvgIpc) is 3.13. The van der Waals surface area contributed by atoms with Crippen LogP contribution in [0.15, 0.2) is 24.5 Å². The minimum Gasteiger partial charge on any atom is -0.247 e. The molecule has 2 heterocycles. The molecule has 0 aliphatic rings. The zero-order valence-corrected chi connectivity index (χ0v) is 13.9. The molecule has 1 aromatic carbocycles. The largest absolute Gasteiger partial charge is 0.247 e. The monoisotopic (exact) mass is 369 g/mol. The number of rotatable bonds is 3. The molecule has 9 heteroatoms. The van der Waals surface area contributed by atoms with Gasteiger partial charge in [-0.2, -0.15) is 5.26 Å². The number of hydrogen-bond donors (Lipinski definition) is 0. The first-order valence-corrected chi connectivity index (χ1v) is 7.91. The molecule has 0 amide bonds. The molecule has 0 unspecified atom stereocenters. The van der Waals surface area contributed by atoms with Gasteiger partial charge in [-0.1, -0.05) is 40.0 Å². The second-order valence-electron chi connectivity index (χ2n) is 4.32. The predicted octanol–water partition coefficient (Wildman–Crippen LogP) is 4.28. The summed E-state index contributed by atoms with van der Waals surface area (Å²) in [5.41, 5.74) is 1.46. The van der Waals surface area contributed by atoms with Crippen LogP contribution in [0.2, 0.25) is 15.1 Å². The lowest BCUT2D eigenvalue weighted by Crippen LogP contribution is -2.00. The molecule has 0 aliphatic heterocycles. The number of nitrogens with zero attached hydrogens (tertiary/aromatic N) is 5. The number of hydrogen-bond acceptors (Lipinski definition) is 5. The lowest BCUT2D eigenvalue weighted by atomic mass is 10.2. The number of aromatic nitrogens is 4. The van der Waals surface area contributed by atoms with E-state index in [1.807, 2.05) is 6.07 Å². The van der Waals surface area contributed by atoms with Gasteiger partial charge in [-0.3, -0.25) is 0 Å². The Morgan fingerprint density at radius 1 is 1.23 bits per heavy atom. The van der Waals surface area contributed by atoms with Gasteiger partial charge in [0.05, 0.1) is 34.0 Å². The van der Waals surface area contributed by atoms with Crippen LogP contribution in [0.1, 0.15) is 10.4 Å². The van der Waals surface area contributed by atoms with Crippen molar-refractivity contribution in [2.75, 3.05) is 0 Å². The molecular weight excluding hydrogens is 365 g/mol. The minimum atomic E-state index is 0.332. The van der Waals surface area contributed by atoms with Crippen molar-refractivity contribution in [3.63, 3.8) is 0 Å². The summed E-state index contributed by atoms with van der Waals surface area (Å²) in [6.07, 6.45) is 3.26. The van der Waals surface area contributed by atoms with E-state index in [4.69, 9.17) is 40.1 Å². The first-order chi connectivity index (χ1) is 10.6. The predicted molar refractivity (Wildman–Crippen MR) is 86.4 cm³/mol. The van der Waals surface area contributed by atoms with E-state index in [-0.39, 0.29) is 0 Å². The second-order valence-corrected chi connectivity index (χ2v) is 6.54. The topological polar surface area (TPSA) is 67.4 Å². The SMILES string of the molecule is N#Cc1cnc(-c2cn(Cc3cc(Cl)c(Cl)c(Cl)c3)nn2)s1. The molecular formula is C13H6Cl3N5S. The van der Waals surface area contributed by atoms with Crippen LogP contribution in [0.3, 0.4) is 0 Å². The van der Waals surface area contributed by atoms with Gasteiger partial charge >= 0.3 is 0 Å². The van der Waals surface area contributed by atoms with Crippen molar-refractivity contribution >= 4 is 46.1 Å². The van der Waals surface area contributed by atoms with E-state index in [1.165, 1.54) is 17.5 Å². The zero-order chi connectivity index (χ0) is 15.7. The maximum Gasteiger partial charge on any atom is 0.146 e. The zero-order valence-electron chi connectivity index (χ0n) is 10.8. The Balaban J connectivity index is 1.84. The molecule has 110 valence electrons. The minimum absolute atomic E-state index is 0.332. The van der Waals surface area contributed by atoms with Gasteiger partial charge < -0.3 is 0 Å². The van der Waals surface area contributed by atoms with Crippen LogP contribution >= 0.6 is 46.1 Å². The van der Waals surface area contributed by atoms with Crippen LogP contribution < -0.4 is 0 Å². The molecule has 0 radical (unpaired) electrons. The molecule has 0 spiro atoms. The normalized spacial score (nSPS) is 10.6. The van der Waals surface area contributed by atoms with Gasteiger partial charge in [0.1, 0.15) is 21.6 Å². The van der Waals surface area contributed by atoms with Crippen molar-refractivity contribution in [1.29, 1.82) is 5.26 Å². The van der Waals surface area contributed by atoms with E-state index in [0.717, 1.165) is 5.56 Å². The van der Waals surface area contributed by atoms with Crippen molar-refractivity contribution in [2.45, 2.75) is 6.54 Å². The van der Waals surface area contributed by atoms with E-state index < -0.39 is 0 Å². The van der Waals surface area contributed by atoms with Gasteiger partial charge in [0.25, 0.3) is 0 Å². The van der Waals surface area contributed by atoms with Gasteiger partial charge in [0.15, 0.2) is 0 Å². The smallest absolute Gasteiger partial charge is 0.146 e. The van der Waals surface area contributed by atoms with Crippen LogP contribution in [0.5, 0.6) is 0 Å². The van der Waals surface area contributed by atoms with Crippen LogP contribution in [0, 0.1) is 11.3 Å². The molecule has 2 aromatic heterocycles. The van der Waals surface area contributed by atoms with E-state index in [9.17, 15) is 0 Å².